The molecule has 0 radical (unpaired) electrons. The molecule has 0 spiro atoms. The Hall–Kier alpha value is -2.28. The van der Waals surface area contributed by atoms with Crippen LogP contribution in [-0.4, -0.2) is 15.9 Å². The Morgan fingerprint density at radius 1 is 1.35 bits per heavy atom. The van der Waals surface area contributed by atoms with Crippen LogP contribution in [0.5, 0.6) is 0 Å². The van der Waals surface area contributed by atoms with Crippen LogP contribution in [-0.2, 0) is 0 Å². The molecule has 0 fully saturated rings. The van der Waals surface area contributed by atoms with Crippen LogP contribution in [0.4, 0.5) is 5.82 Å². The number of fused-ring (bicyclic) bond motifs is 1. The van der Waals surface area contributed by atoms with E-state index in [1.54, 1.807) is 0 Å². The van der Waals surface area contributed by atoms with Gasteiger partial charge in [-0.25, -0.2) is 4.98 Å². The Kier molecular flexibility index (Phi) is 3.69. The normalized spacial score (nSPS) is 14.8. The predicted molar refractivity (Wildman–Crippen MR) is 79.6 cm³/mol. The van der Waals surface area contributed by atoms with E-state index < -0.39 is 0 Å². The van der Waals surface area contributed by atoms with Gasteiger partial charge in [-0.3, -0.25) is 4.40 Å². The monoisotopic (exact) mass is 266 g/mol. The average molecular weight is 266 g/mol. The Bertz CT molecular complexity index is 675. The zero-order chi connectivity index (χ0) is 13.8. The van der Waals surface area contributed by atoms with Crippen molar-refractivity contribution in [3.63, 3.8) is 0 Å². The molecule has 20 heavy (non-hydrogen) atoms. The zero-order valence-corrected chi connectivity index (χ0v) is 11.5. The smallest absolute Gasteiger partial charge is 0.168 e. The number of aromatic nitrogens is 2. The van der Waals surface area contributed by atoms with E-state index in [0.717, 1.165) is 18.6 Å². The van der Waals surface area contributed by atoms with Crippen LogP contribution in [0.25, 0.3) is 5.65 Å². The van der Waals surface area contributed by atoms with E-state index in [2.05, 4.69) is 22.4 Å². The number of nitrogens with one attached hydrogen (secondary N) is 1. The second kappa shape index (κ2) is 5.79. The van der Waals surface area contributed by atoms with Gasteiger partial charge in [0.25, 0.3) is 0 Å². The molecular weight excluding hydrogens is 248 g/mol. The number of nitriles is 1. The first kappa shape index (κ1) is 12.7. The number of imidazole rings is 1. The third-order valence-corrected chi connectivity index (χ3v) is 3.76. The highest BCUT2D eigenvalue weighted by atomic mass is 15.1. The van der Waals surface area contributed by atoms with E-state index in [0.29, 0.717) is 11.5 Å². The second-order valence-corrected chi connectivity index (χ2v) is 5.13. The van der Waals surface area contributed by atoms with Gasteiger partial charge in [-0.05, 0) is 44.2 Å². The summed E-state index contributed by atoms with van der Waals surface area (Å²) in [6, 6.07) is 7.98. The standard InChI is InChI=1S/C16H18N4/c17-12-14-16(19-15-8-4-5-11-20(14)15)18-10-9-13-6-2-1-3-7-13/h4-6,8,11,18H,1-3,7,9-10H2. The lowest BCUT2D eigenvalue weighted by Gasteiger charge is -2.12. The van der Waals surface area contributed by atoms with Crippen LogP contribution >= 0.6 is 0 Å². The molecule has 2 heterocycles. The van der Waals surface area contributed by atoms with Gasteiger partial charge in [0.1, 0.15) is 11.7 Å². The van der Waals surface area contributed by atoms with Gasteiger partial charge in [0.15, 0.2) is 11.5 Å². The van der Waals surface area contributed by atoms with Crippen LogP contribution in [0.3, 0.4) is 0 Å². The Balaban J connectivity index is 1.71. The van der Waals surface area contributed by atoms with Crippen molar-refractivity contribution < 1.29 is 0 Å². The quantitative estimate of drug-likeness (QED) is 0.862. The fourth-order valence-corrected chi connectivity index (χ4v) is 2.70. The average Bonchev–Trinajstić information content (AvgIpc) is 2.86. The molecule has 0 aliphatic heterocycles. The molecule has 0 atom stereocenters. The van der Waals surface area contributed by atoms with Crippen molar-refractivity contribution in [3.8, 4) is 6.07 Å². The fraction of sp³-hybridized carbons (Fsp3) is 0.375. The first-order valence-corrected chi connectivity index (χ1v) is 7.17. The SMILES string of the molecule is N#Cc1c(NCCC2=CCCCC2)nc2ccccn12. The summed E-state index contributed by atoms with van der Waals surface area (Å²) >= 11 is 0. The van der Waals surface area contributed by atoms with Gasteiger partial charge in [0.2, 0.25) is 0 Å². The van der Waals surface area contributed by atoms with E-state index >= 15 is 0 Å². The lowest BCUT2D eigenvalue weighted by atomic mass is 9.97. The summed E-state index contributed by atoms with van der Waals surface area (Å²) in [7, 11) is 0. The van der Waals surface area contributed by atoms with Crippen LogP contribution < -0.4 is 5.32 Å². The summed E-state index contributed by atoms with van der Waals surface area (Å²) in [5.41, 5.74) is 2.92. The highest BCUT2D eigenvalue weighted by molar-refractivity contribution is 5.58. The lowest BCUT2D eigenvalue weighted by molar-refractivity contribution is 0.679. The molecule has 2 aromatic rings. The number of allylic oxidation sites excluding steroid dienone is 1. The van der Waals surface area contributed by atoms with Gasteiger partial charge < -0.3 is 5.32 Å². The zero-order valence-electron chi connectivity index (χ0n) is 11.5. The lowest BCUT2D eigenvalue weighted by Crippen LogP contribution is -2.06. The van der Waals surface area contributed by atoms with Crippen LogP contribution in [0.2, 0.25) is 0 Å². The summed E-state index contributed by atoms with van der Waals surface area (Å²) in [4.78, 5) is 4.48. The number of anilines is 1. The van der Waals surface area contributed by atoms with Crippen LogP contribution in [0.1, 0.15) is 37.8 Å². The minimum absolute atomic E-state index is 0.582. The fourth-order valence-electron chi connectivity index (χ4n) is 2.70. The first-order valence-electron chi connectivity index (χ1n) is 7.17. The molecule has 2 aromatic heterocycles. The number of hydrogen-bond donors (Lipinski definition) is 1. The largest absolute Gasteiger partial charge is 0.367 e. The molecule has 4 nitrogen and oxygen atoms in total. The van der Waals surface area contributed by atoms with Crippen molar-refractivity contribution >= 4 is 11.5 Å². The van der Waals surface area contributed by atoms with E-state index in [9.17, 15) is 5.26 Å². The molecule has 0 bridgehead atoms. The van der Waals surface area contributed by atoms with Crippen molar-refractivity contribution in [2.45, 2.75) is 32.1 Å². The molecule has 1 N–H and O–H groups in total. The van der Waals surface area contributed by atoms with E-state index in [1.807, 2.05) is 28.8 Å². The van der Waals surface area contributed by atoms with Crippen molar-refractivity contribution in [1.29, 1.82) is 5.26 Å². The number of rotatable bonds is 4. The molecule has 102 valence electrons. The van der Waals surface area contributed by atoms with E-state index in [-0.39, 0.29) is 0 Å². The molecule has 0 saturated carbocycles. The van der Waals surface area contributed by atoms with Crippen LogP contribution in [0, 0.1) is 11.3 Å². The first-order chi connectivity index (χ1) is 9.88. The summed E-state index contributed by atoms with van der Waals surface area (Å²) in [5.74, 6) is 0.690. The highest BCUT2D eigenvalue weighted by Crippen LogP contribution is 2.21. The van der Waals surface area contributed by atoms with Crippen molar-refractivity contribution in [2.75, 3.05) is 11.9 Å². The summed E-state index contributed by atoms with van der Waals surface area (Å²) in [5, 5.41) is 12.6. The predicted octanol–water partition coefficient (Wildman–Crippen LogP) is 3.51. The summed E-state index contributed by atoms with van der Waals surface area (Å²) in [6.07, 6.45) is 10.3. The topological polar surface area (TPSA) is 53.1 Å². The van der Waals surface area contributed by atoms with Crippen LogP contribution in [0.15, 0.2) is 36.0 Å². The van der Waals surface area contributed by atoms with Gasteiger partial charge in [-0.15, -0.1) is 0 Å². The maximum absolute atomic E-state index is 9.29. The Morgan fingerprint density at radius 2 is 2.30 bits per heavy atom. The minimum atomic E-state index is 0.582. The molecule has 4 heteroatoms. The number of nitrogens with zero attached hydrogens (tertiary/aromatic N) is 3. The molecule has 0 aromatic carbocycles. The molecule has 0 amide bonds. The second-order valence-electron chi connectivity index (χ2n) is 5.13. The molecule has 0 unspecified atom stereocenters. The Morgan fingerprint density at radius 3 is 3.10 bits per heavy atom. The maximum atomic E-state index is 9.29. The summed E-state index contributed by atoms with van der Waals surface area (Å²) in [6.45, 7) is 0.838. The Labute approximate surface area is 118 Å². The molecular formula is C16H18N4. The van der Waals surface area contributed by atoms with Gasteiger partial charge in [0, 0.05) is 12.7 Å². The van der Waals surface area contributed by atoms with Gasteiger partial charge in [0.05, 0.1) is 0 Å². The van der Waals surface area contributed by atoms with Gasteiger partial charge in [-0.1, -0.05) is 17.7 Å². The van der Waals surface area contributed by atoms with Crippen molar-refractivity contribution in [2.24, 2.45) is 0 Å². The van der Waals surface area contributed by atoms with E-state index in [1.165, 1.54) is 31.3 Å². The van der Waals surface area contributed by atoms with E-state index in [4.69, 9.17) is 0 Å². The maximum Gasteiger partial charge on any atom is 0.168 e. The van der Waals surface area contributed by atoms with Gasteiger partial charge in [-0.2, -0.15) is 5.26 Å². The number of pyridine rings is 1. The van der Waals surface area contributed by atoms with Crippen molar-refractivity contribution in [3.05, 3.63) is 41.7 Å². The van der Waals surface area contributed by atoms with Crippen molar-refractivity contribution in [1.82, 2.24) is 9.38 Å². The summed E-state index contributed by atoms with van der Waals surface area (Å²) < 4.78 is 1.82. The highest BCUT2D eigenvalue weighted by Gasteiger charge is 2.11. The third kappa shape index (κ3) is 2.53. The molecule has 3 rings (SSSR count). The number of hydrogen-bond acceptors (Lipinski definition) is 3. The minimum Gasteiger partial charge on any atom is -0.367 e. The molecule has 1 aliphatic carbocycles. The van der Waals surface area contributed by atoms with Gasteiger partial charge >= 0.3 is 0 Å². The molecule has 0 saturated heterocycles. The molecule has 1 aliphatic rings. The third-order valence-electron chi connectivity index (χ3n) is 3.76.